The van der Waals surface area contributed by atoms with Crippen LogP contribution in [0.3, 0.4) is 0 Å². The summed E-state index contributed by atoms with van der Waals surface area (Å²) in [6.07, 6.45) is 5.01. The van der Waals surface area contributed by atoms with E-state index in [0.29, 0.717) is 36.6 Å². The molecule has 1 amide bonds. The van der Waals surface area contributed by atoms with Crippen molar-refractivity contribution in [2.24, 2.45) is 11.1 Å². The van der Waals surface area contributed by atoms with Crippen LogP contribution in [-0.2, 0) is 25.5 Å². The summed E-state index contributed by atoms with van der Waals surface area (Å²) in [5.41, 5.74) is 4.56. The fourth-order valence-electron chi connectivity index (χ4n) is 5.75. The van der Waals surface area contributed by atoms with Gasteiger partial charge in [0.25, 0.3) is 0 Å². The van der Waals surface area contributed by atoms with Crippen LogP contribution < -0.4 is 25.0 Å². The number of ether oxygens (including phenoxy) is 3. The number of primary amides is 1. The van der Waals surface area contributed by atoms with Gasteiger partial charge in [-0.15, -0.1) is 0 Å². The number of hydrogen-bond donors (Lipinski definition) is 3. The highest BCUT2D eigenvalue weighted by Gasteiger charge is 2.55. The Hall–Kier alpha value is -3.54. The van der Waals surface area contributed by atoms with Crippen molar-refractivity contribution in [3.05, 3.63) is 87.9 Å². The Morgan fingerprint density at radius 3 is 2.12 bits per heavy atom. The number of hydrogen-bond acceptors (Lipinski definition) is 9. The number of nitrogens with two attached hydrogens (primary N) is 1. The first-order chi connectivity index (χ1) is 23.0. The van der Waals surface area contributed by atoms with E-state index in [9.17, 15) is 18.4 Å². The molecule has 3 fully saturated rings. The highest BCUT2D eigenvalue weighted by atomic mass is 35.5. The van der Waals surface area contributed by atoms with Gasteiger partial charge in [-0.05, 0) is 81.1 Å². The molecule has 0 spiro atoms. The van der Waals surface area contributed by atoms with Crippen LogP contribution in [0, 0.1) is 17.0 Å². The van der Waals surface area contributed by atoms with Crippen molar-refractivity contribution in [1.29, 1.82) is 0 Å². The minimum absolute atomic E-state index is 0.0356. The first kappa shape index (κ1) is 38.9. The highest BCUT2D eigenvalue weighted by molar-refractivity contribution is 7.25. The quantitative estimate of drug-likeness (QED) is 0.117. The molecule has 6 rings (SSSR count). The lowest BCUT2D eigenvalue weighted by Crippen LogP contribution is -2.64. The predicted molar refractivity (Wildman–Crippen MR) is 179 cm³/mol. The molecule has 0 saturated heterocycles. The summed E-state index contributed by atoms with van der Waals surface area (Å²) in [4.78, 5) is 40.2. The van der Waals surface area contributed by atoms with Crippen LogP contribution >= 0.6 is 32.2 Å². The monoisotopic (exact) mass is 728 g/mol. The zero-order chi connectivity index (χ0) is 35.2. The van der Waals surface area contributed by atoms with Crippen LogP contribution in [0.2, 0.25) is 10.0 Å². The van der Waals surface area contributed by atoms with Gasteiger partial charge in [0.2, 0.25) is 15.4 Å². The molecule has 2 unspecified atom stereocenters. The van der Waals surface area contributed by atoms with Crippen molar-refractivity contribution in [3.8, 4) is 17.2 Å². The number of nitrogens with one attached hydrogen (secondary N) is 1. The number of likely N-dealkylation sites (N-methyl/N-ethyl adjacent to an activating group) is 1. The van der Waals surface area contributed by atoms with E-state index in [4.69, 9.17) is 51.6 Å². The predicted octanol–water partition coefficient (Wildman–Crippen LogP) is 5.97. The van der Waals surface area contributed by atoms with Crippen LogP contribution in [0.15, 0.2) is 60.7 Å². The maximum atomic E-state index is 13.8. The van der Waals surface area contributed by atoms with Crippen molar-refractivity contribution < 1.29 is 46.8 Å². The van der Waals surface area contributed by atoms with Gasteiger partial charge in [-0.3, -0.25) is 14.4 Å². The molecule has 3 aliphatic rings. The van der Waals surface area contributed by atoms with Crippen LogP contribution in [0.5, 0.6) is 17.2 Å². The molecule has 48 heavy (non-hydrogen) atoms. The summed E-state index contributed by atoms with van der Waals surface area (Å²) in [6, 6.07) is 15.5. The largest absolute Gasteiger partial charge is 0.493 e. The number of aldehydes is 1. The fourth-order valence-corrected chi connectivity index (χ4v) is 6.22. The van der Waals surface area contributed by atoms with Crippen LogP contribution in [0.1, 0.15) is 37.7 Å². The Morgan fingerprint density at radius 2 is 1.58 bits per heavy atom. The third-order valence-corrected chi connectivity index (χ3v) is 9.20. The molecule has 3 aromatic rings. The standard InChI is InChI=1S/C24H28ClFNO5P.C8H6ClFO2.CH3NO/c1-27-24-9-7-23(8-10-24,15-30-17-5-6-19(25)20(26)13-17)14-21(24)31-22(28)12-16-3-2-4-18(11-16)32-33-29;9-7-2-1-6(5-8(7)10)12-4-3-11;2-1-3/h2-6,11,13,21,27,29,33H,7-10,12,14-15H2,1H3;1-3,5H,4H2;1H,(H2,2,3). The number of amides is 1. The molecule has 260 valence electrons. The van der Waals surface area contributed by atoms with E-state index in [1.54, 1.807) is 24.3 Å². The minimum Gasteiger partial charge on any atom is -0.493 e. The molecule has 3 aromatic carbocycles. The van der Waals surface area contributed by atoms with Gasteiger partial charge < -0.3 is 34.7 Å². The number of fused-ring (bicyclic) bond motifs is 3. The number of carbonyl (C=O) groups is 3. The van der Waals surface area contributed by atoms with Crippen molar-refractivity contribution in [3.63, 3.8) is 0 Å². The second-order valence-corrected chi connectivity index (χ2v) is 12.4. The van der Waals surface area contributed by atoms with Crippen molar-refractivity contribution in [2.75, 3.05) is 20.3 Å². The van der Waals surface area contributed by atoms with E-state index in [1.165, 1.54) is 24.3 Å². The smallest absolute Gasteiger partial charge is 0.310 e. The molecule has 0 aromatic heterocycles. The summed E-state index contributed by atoms with van der Waals surface area (Å²) < 4.78 is 48.4. The van der Waals surface area contributed by atoms with Crippen LogP contribution in [-0.4, -0.2) is 55.5 Å². The van der Waals surface area contributed by atoms with E-state index in [-0.39, 0.29) is 52.5 Å². The van der Waals surface area contributed by atoms with Gasteiger partial charge in [-0.2, -0.15) is 0 Å². The molecule has 3 saturated carbocycles. The molecule has 2 atom stereocenters. The molecule has 3 aliphatic carbocycles. The highest BCUT2D eigenvalue weighted by Crippen LogP contribution is 2.53. The van der Waals surface area contributed by atoms with E-state index < -0.39 is 20.7 Å². The summed E-state index contributed by atoms with van der Waals surface area (Å²) in [7, 11) is 1.27. The lowest BCUT2D eigenvalue weighted by molar-refractivity contribution is -0.168. The summed E-state index contributed by atoms with van der Waals surface area (Å²) in [5, 5.41) is 3.53. The van der Waals surface area contributed by atoms with Gasteiger partial charge in [0, 0.05) is 17.5 Å². The molecule has 0 radical (unpaired) electrons. The Kier molecular flexibility index (Phi) is 15.3. The number of esters is 1. The molecule has 2 bridgehead atoms. The van der Waals surface area contributed by atoms with Crippen molar-refractivity contribution in [1.82, 2.24) is 5.32 Å². The molecule has 0 heterocycles. The average Bonchev–Trinajstić information content (AvgIpc) is 3.07. The number of carbonyl (C=O) groups excluding carboxylic acids is 3. The minimum atomic E-state index is -0.651. The van der Waals surface area contributed by atoms with Gasteiger partial charge in [-0.1, -0.05) is 35.3 Å². The Bertz CT molecular complexity index is 1530. The third kappa shape index (κ3) is 11.0. The lowest BCUT2D eigenvalue weighted by Gasteiger charge is -2.56. The second kappa shape index (κ2) is 18.9. The molecular formula is C33H37Cl2F2N2O8P. The topological polar surface area (TPSA) is 146 Å². The molecule has 0 aliphatic heterocycles. The summed E-state index contributed by atoms with van der Waals surface area (Å²) in [5.74, 6) is -0.111. The normalized spacial score (nSPS) is 20.8. The Labute approximate surface area is 289 Å². The number of rotatable bonds is 12. The maximum Gasteiger partial charge on any atom is 0.310 e. The first-order valence-corrected chi connectivity index (χ1v) is 16.4. The SMILES string of the molecule is CNC12CCC(COc3ccc(Cl)c(F)c3)(CC1)CC2OC(=O)Cc1cccc(OPO)c1.NC=O.O=CCOc1ccc(Cl)c(F)c1. The molecule has 15 heteroatoms. The van der Waals surface area contributed by atoms with Gasteiger partial charge >= 0.3 is 5.97 Å². The summed E-state index contributed by atoms with van der Waals surface area (Å²) >= 11 is 11.2. The van der Waals surface area contributed by atoms with E-state index in [2.05, 4.69) is 11.1 Å². The van der Waals surface area contributed by atoms with E-state index in [0.717, 1.165) is 37.3 Å². The summed E-state index contributed by atoms with van der Waals surface area (Å²) in [6.45, 7) is 0.351. The zero-order valence-electron chi connectivity index (χ0n) is 26.1. The Morgan fingerprint density at radius 1 is 0.979 bits per heavy atom. The molecule has 10 nitrogen and oxygen atoms in total. The van der Waals surface area contributed by atoms with Gasteiger partial charge in [0.05, 0.1) is 28.6 Å². The van der Waals surface area contributed by atoms with Gasteiger partial charge in [0.15, 0.2) is 6.29 Å². The van der Waals surface area contributed by atoms with E-state index >= 15 is 0 Å². The first-order valence-electron chi connectivity index (χ1n) is 14.8. The van der Waals surface area contributed by atoms with E-state index in [1.807, 2.05) is 13.1 Å². The van der Waals surface area contributed by atoms with Crippen LogP contribution in [0.25, 0.3) is 0 Å². The Balaban J connectivity index is 0.000000347. The molecular weight excluding hydrogens is 692 g/mol. The zero-order valence-corrected chi connectivity index (χ0v) is 28.6. The van der Waals surface area contributed by atoms with Crippen LogP contribution in [0.4, 0.5) is 8.78 Å². The maximum absolute atomic E-state index is 13.8. The van der Waals surface area contributed by atoms with Crippen molar-refractivity contribution >= 4 is 50.9 Å². The number of halogens is 4. The fraction of sp³-hybridized carbons (Fsp3) is 0.364. The average molecular weight is 730 g/mol. The molecule has 4 N–H and O–H groups in total. The van der Waals surface area contributed by atoms with Gasteiger partial charge in [0.1, 0.15) is 41.6 Å². The van der Waals surface area contributed by atoms with Crippen molar-refractivity contribution in [2.45, 2.75) is 50.2 Å². The van der Waals surface area contributed by atoms with Gasteiger partial charge in [-0.25, -0.2) is 8.78 Å². The third-order valence-electron chi connectivity index (χ3n) is 8.26. The lowest BCUT2D eigenvalue weighted by atomic mass is 9.56. The number of benzene rings is 3. The second-order valence-electron chi connectivity index (χ2n) is 11.2.